The summed E-state index contributed by atoms with van der Waals surface area (Å²) in [6, 6.07) is 11.3. The van der Waals surface area contributed by atoms with Gasteiger partial charge < -0.3 is 9.64 Å². The normalized spacial score (nSPS) is 11.1. The molecule has 0 aliphatic heterocycles. The van der Waals surface area contributed by atoms with Crippen molar-refractivity contribution in [1.29, 1.82) is 0 Å². The summed E-state index contributed by atoms with van der Waals surface area (Å²) in [6.07, 6.45) is 0. The van der Waals surface area contributed by atoms with Crippen LogP contribution in [-0.4, -0.2) is 44.3 Å². The molecular weight excluding hydrogens is 396 g/mol. The van der Waals surface area contributed by atoms with Gasteiger partial charge >= 0.3 is 5.97 Å². The highest BCUT2D eigenvalue weighted by Crippen LogP contribution is 2.34. The third-order valence-electron chi connectivity index (χ3n) is 4.18. The number of ether oxygens (including phenoxy) is 1. The quantitative estimate of drug-likeness (QED) is 0.428. The number of anilines is 1. The lowest BCUT2D eigenvalue weighted by Gasteiger charge is -2.16. The van der Waals surface area contributed by atoms with Gasteiger partial charge in [-0.3, -0.25) is 0 Å². The van der Waals surface area contributed by atoms with Crippen LogP contribution in [0.4, 0.5) is 5.13 Å². The third-order valence-corrected chi connectivity index (χ3v) is 6.38. The molecule has 0 bridgehead atoms. The number of thiophene rings is 1. The molecule has 4 aromatic rings. The second-order valence-electron chi connectivity index (χ2n) is 5.87. The summed E-state index contributed by atoms with van der Waals surface area (Å²) < 4.78 is 7.98. The Morgan fingerprint density at radius 2 is 1.96 bits per heavy atom. The molecule has 0 unspecified atom stereocenters. The van der Waals surface area contributed by atoms with Crippen LogP contribution in [0, 0.1) is 0 Å². The van der Waals surface area contributed by atoms with Crippen molar-refractivity contribution in [3.63, 3.8) is 0 Å². The van der Waals surface area contributed by atoms with Gasteiger partial charge in [0.05, 0.1) is 10.4 Å². The van der Waals surface area contributed by atoms with E-state index in [9.17, 15) is 4.79 Å². The highest BCUT2D eigenvalue weighted by Gasteiger charge is 2.18. The molecule has 0 atom stereocenters. The standard InChI is InChI=1S/C18H18N6O2S2/c1-3-23(4-2)18-19-16-13(28-18)10-14(27-16)17(25)26-11-15-20-21-22-24(15)12-8-6-5-7-9-12/h5-10H,3-4,11H2,1-2H3. The Balaban J connectivity index is 1.46. The fourth-order valence-corrected chi connectivity index (χ4v) is 4.95. The molecule has 28 heavy (non-hydrogen) atoms. The van der Waals surface area contributed by atoms with E-state index in [-0.39, 0.29) is 6.61 Å². The first-order valence-corrected chi connectivity index (χ1v) is 10.5. The van der Waals surface area contributed by atoms with Crippen LogP contribution in [0.25, 0.3) is 15.2 Å². The van der Waals surface area contributed by atoms with Gasteiger partial charge in [0.15, 0.2) is 17.6 Å². The minimum absolute atomic E-state index is 0.00952. The van der Waals surface area contributed by atoms with Gasteiger partial charge in [0.1, 0.15) is 9.71 Å². The molecular formula is C18H18N6O2S2. The van der Waals surface area contributed by atoms with Crippen molar-refractivity contribution < 1.29 is 9.53 Å². The molecule has 0 saturated heterocycles. The van der Waals surface area contributed by atoms with Gasteiger partial charge in [0.25, 0.3) is 0 Å². The Labute approximate surface area is 169 Å². The van der Waals surface area contributed by atoms with Gasteiger partial charge in [0.2, 0.25) is 0 Å². The number of para-hydroxylation sites is 1. The first-order valence-electron chi connectivity index (χ1n) is 8.84. The fourth-order valence-electron chi connectivity index (χ4n) is 2.72. The number of thiazole rings is 1. The number of hydrogen-bond acceptors (Lipinski definition) is 9. The van der Waals surface area contributed by atoms with E-state index in [4.69, 9.17) is 4.74 Å². The van der Waals surface area contributed by atoms with Gasteiger partial charge in [0, 0.05) is 13.1 Å². The summed E-state index contributed by atoms with van der Waals surface area (Å²) >= 11 is 2.93. The van der Waals surface area contributed by atoms with Crippen molar-refractivity contribution >= 4 is 43.3 Å². The lowest BCUT2D eigenvalue weighted by Crippen LogP contribution is -2.21. The van der Waals surface area contributed by atoms with Crippen molar-refractivity contribution in [1.82, 2.24) is 25.2 Å². The molecule has 0 N–H and O–H groups in total. The largest absolute Gasteiger partial charge is 0.453 e. The van der Waals surface area contributed by atoms with Crippen molar-refractivity contribution in [2.24, 2.45) is 0 Å². The van der Waals surface area contributed by atoms with Crippen LogP contribution in [-0.2, 0) is 11.3 Å². The van der Waals surface area contributed by atoms with Gasteiger partial charge in [-0.1, -0.05) is 29.5 Å². The second kappa shape index (κ2) is 8.03. The van der Waals surface area contributed by atoms with Gasteiger partial charge in [-0.2, -0.15) is 4.68 Å². The number of tetrazole rings is 1. The summed E-state index contributed by atoms with van der Waals surface area (Å²) in [5, 5.41) is 12.6. The molecule has 3 heterocycles. The number of carbonyl (C=O) groups excluding carboxylic acids is 1. The maximum atomic E-state index is 12.5. The molecule has 0 spiro atoms. The van der Waals surface area contributed by atoms with Gasteiger partial charge in [-0.25, -0.2) is 9.78 Å². The Morgan fingerprint density at radius 1 is 1.18 bits per heavy atom. The van der Waals surface area contributed by atoms with E-state index in [1.165, 1.54) is 11.3 Å². The molecule has 0 fully saturated rings. The van der Waals surface area contributed by atoms with E-state index in [1.807, 2.05) is 36.4 Å². The summed E-state index contributed by atoms with van der Waals surface area (Å²) in [5.74, 6) is 0.0575. The van der Waals surface area contributed by atoms with Crippen molar-refractivity contribution in [2.45, 2.75) is 20.5 Å². The Bertz CT molecular complexity index is 1050. The van der Waals surface area contributed by atoms with E-state index in [2.05, 4.69) is 39.3 Å². The monoisotopic (exact) mass is 414 g/mol. The Hall–Kier alpha value is -2.85. The maximum absolute atomic E-state index is 12.5. The number of rotatable bonds is 7. The lowest BCUT2D eigenvalue weighted by atomic mass is 10.3. The third kappa shape index (κ3) is 3.60. The number of carbonyl (C=O) groups is 1. The van der Waals surface area contributed by atoms with E-state index in [1.54, 1.807) is 16.0 Å². The summed E-state index contributed by atoms with van der Waals surface area (Å²) in [6.45, 7) is 6.00. The molecule has 0 aliphatic rings. The zero-order valence-electron chi connectivity index (χ0n) is 15.4. The first kappa shape index (κ1) is 18.5. The number of aromatic nitrogens is 5. The van der Waals surface area contributed by atoms with Crippen molar-refractivity contribution in [3.05, 3.63) is 47.1 Å². The molecule has 10 heteroatoms. The number of esters is 1. The van der Waals surface area contributed by atoms with E-state index in [0.29, 0.717) is 10.7 Å². The molecule has 8 nitrogen and oxygen atoms in total. The van der Waals surface area contributed by atoms with Crippen LogP contribution < -0.4 is 4.90 Å². The average molecular weight is 415 g/mol. The molecule has 0 saturated carbocycles. The van der Waals surface area contributed by atoms with E-state index >= 15 is 0 Å². The molecule has 0 aliphatic carbocycles. The summed E-state index contributed by atoms with van der Waals surface area (Å²) in [7, 11) is 0. The summed E-state index contributed by atoms with van der Waals surface area (Å²) in [5.41, 5.74) is 0.809. The molecule has 144 valence electrons. The molecule has 3 aromatic heterocycles. The van der Waals surface area contributed by atoms with Crippen molar-refractivity contribution in [3.8, 4) is 5.69 Å². The van der Waals surface area contributed by atoms with E-state index < -0.39 is 5.97 Å². The summed E-state index contributed by atoms with van der Waals surface area (Å²) in [4.78, 5) is 20.7. The van der Waals surface area contributed by atoms with Gasteiger partial charge in [-0.15, -0.1) is 16.4 Å². The molecule has 1 aromatic carbocycles. The zero-order valence-corrected chi connectivity index (χ0v) is 17.0. The number of hydrogen-bond donors (Lipinski definition) is 0. The van der Waals surface area contributed by atoms with Gasteiger partial charge in [-0.05, 0) is 42.5 Å². The van der Waals surface area contributed by atoms with Crippen LogP contribution in [0.1, 0.15) is 29.3 Å². The minimum atomic E-state index is -0.401. The fraction of sp³-hybridized carbons (Fsp3) is 0.278. The molecule has 0 radical (unpaired) electrons. The number of fused-ring (bicyclic) bond motifs is 1. The predicted octanol–water partition coefficient (Wildman–Crippen LogP) is 3.54. The van der Waals surface area contributed by atoms with Crippen LogP contribution in [0.15, 0.2) is 36.4 Å². The lowest BCUT2D eigenvalue weighted by molar-refractivity contribution is 0.0465. The highest BCUT2D eigenvalue weighted by atomic mass is 32.1. The van der Waals surface area contributed by atoms with Crippen LogP contribution in [0.2, 0.25) is 0 Å². The van der Waals surface area contributed by atoms with Crippen LogP contribution in [0.3, 0.4) is 0 Å². The van der Waals surface area contributed by atoms with Crippen LogP contribution >= 0.6 is 22.7 Å². The maximum Gasteiger partial charge on any atom is 0.348 e. The first-order chi connectivity index (χ1) is 13.7. The van der Waals surface area contributed by atoms with Crippen LogP contribution in [0.5, 0.6) is 0 Å². The second-order valence-corrected chi connectivity index (χ2v) is 7.91. The molecule has 4 rings (SSSR count). The number of nitrogens with zero attached hydrogens (tertiary/aromatic N) is 6. The zero-order chi connectivity index (χ0) is 19.5. The van der Waals surface area contributed by atoms with E-state index in [0.717, 1.165) is 33.4 Å². The predicted molar refractivity (Wildman–Crippen MR) is 109 cm³/mol. The van der Waals surface area contributed by atoms with Crippen molar-refractivity contribution in [2.75, 3.05) is 18.0 Å². The topological polar surface area (TPSA) is 86.0 Å². The smallest absolute Gasteiger partial charge is 0.348 e. The highest BCUT2D eigenvalue weighted by molar-refractivity contribution is 7.29. The Morgan fingerprint density at radius 3 is 2.68 bits per heavy atom. The Kier molecular flexibility index (Phi) is 5.31. The minimum Gasteiger partial charge on any atom is -0.453 e. The average Bonchev–Trinajstić information content (AvgIpc) is 3.42. The SMILES string of the molecule is CCN(CC)c1nc2sc(C(=O)OCc3nnnn3-c3ccccc3)cc2s1. The molecule has 0 amide bonds. The number of benzene rings is 1.